The monoisotopic (exact) mass is 360 g/mol. The Kier molecular flexibility index (Phi) is 5.58. The minimum Gasteiger partial charge on any atom is -0.376 e. The number of hydrogen-bond acceptors (Lipinski definition) is 3. The lowest BCUT2D eigenvalue weighted by molar-refractivity contribution is 0.0857. The van der Waals surface area contributed by atoms with Gasteiger partial charge in [0.2, 0.25) is 0 Å². The van der Waals surface area contributed by atoms with Gasteiger partial charge in [0.1, 0.15) is 0 Å². The summed E-state index contributed by atoms with van der Waals surface area (Å²) in [4.78, 5) is 24.2. The summed E-state index contributed by atoms with van der Waals surface area (Å²) in [5, 5.41) is 5.27. The van der Waals surface area contributed by atoms with Crippen LogP contribution in [0.5, 0.6) is 0 Å². The zero-order valence-electron chi connectivity index (χ0n) is 13.9. The van der Waals surface area contributed by atoms with E-state index < -0.39 is 17.5 Å². The summed E-state index contributed by atoms with van der Waals surface area (Å²) in [6.45, 7) is 1.18. The predicted molar refractivity (Wildman–Crippen MR) is 92.1 cm³/mol. The molecule has 1 saturated heterocycles. The van der Waals surface area contributed by atoms with Crippen molar-refractivity contribution in [1.82, 2.24) is 5.32 Å². The van der Waals surface area contributed by atoms with Crippen LogP contribution in [-0.4, -0.2) is 31.1 Å². The third-order valence-electron chi connectivity index (χ3n) is 4.10. The van der Waals surface area contributed by atoms with Gasteiger partial charge in [-0.2, -0.15) is 0 Å². The van der Waals surface area contributed by atoms with Crippen molar-refractivity contribution < 1.29 is 23.1 Å². The van der Waals surface area contributed by atoms with Gasteiger partial charge < -0.3 is 15.4 Å². The fourth-order valence-corrected chi connectivity index (χ4v) is 2.66. The number of hydrogen-bond donors (Lipinski definition) is 2. The van der Waals surface area contributed by atoms with Crippen molar-refractivity contribution >= 4 is 17.5 Å². The number of carbonyl (C=O) groups excluding carboxylic acids is 2. The van der Waals surface area contributed by atoms with Crippen molar-refractivity contribution in [2.45, 2.75) is 18.9 Å². The second-order valence-corrected chi connectivity index (χ2v) is 6.01. The Morgan fingerprint density at radius 3 is 2.31 bits per heavy atom. The van der Waals surface area contributed by atoms with Crippen molar-refractivity contribution in [3.63, 3.8) is 0 Å². The molecule has 3 rings (SSSR count). The summed E-state index contributed by atoms with van der Waals surface area (Å²) < 4.78 is 31.5. The molecule has 2 N–H and O–H groups in total. The van der Waals surface area contributed by atoms with Crippen molar-refractivity contribution in [3.8, 4) is 0 Å². The Labute approximate surface area is 149 Å². The first-order chi connectivity index (χ1) is 12.5. The van der Waals surface area contributed by atoms with Crippen LogP contribution in [0.2, 0.25) is 0 Å². The van der Waals surface area contributed by atoms with Crippen LogP contribution in [-0.2, 0) is 4.74 Å². The fraction of sp³-hybridized carbons (Fsp3) is 0.263. The maximum atomic E-state index is 13.2. The average Bonchev–Trinajstić information content (AvgIpc) is 3.16. The quantitative estimate of drug-likeness (QED) is 0.861. The summed E-state index contributed by atoms with van der Waals surface area (Å²) in [5.41, 5.74) is 0.866. The Balaban J connectivity index is 1.58. The zero-order valence-corrected chi connectivity index (χ0v) is 13.9. The number of halogens is 2. The highest BCUT2D eigenvalue weighted by molar-refractivity contribution is 6.05. The molecule has 1 atom stereocenters. The van der Waals surface area contributed by atoms with E-state index in [1.54, 1.807) is 0 Å². The van der Waals surface area contributed by atoms with Gasteiger partial charge >= 0.3 is 0 Å². The number of benzene rings is 2. The van der Waals surface area contributed by atoms with Crippen molar-refractivity contribution in [2.24, 2.45) is 0 Å². The molecular weight excluding hydrogens is 342 g/mol. The lowest BCUT2D eigenvalue weighted by Gasteiger charge is -2.11. The van der Waals surface area contributed by atoms with E-state index in [0.717, 1.165) is 31.6 Å². The molecule has 26 heavy (non-hydrogen) atoms. The van der Waals surface area contributed by atoms with Gasteiger partial charge in [0, 0.05) is 36.0 Å². The summed E-state index contributed by atoms with van der Waals surface area (Å²) in [6, 6.07) is 9.16. The fourth-order valence-electron chi connectivity index (χ4n) is 2.66. The molecule has 0 spiro atoms. The van der Waals surface area contributed by atoms with Crippen LogP contribution in [0.4, 0.5) is 14.5 Å². The maximum Gasteiger partial charge on any atom is 0.255 e. The zero-order chi connectivity index (χ0) is 18.5. The third-order valence-corrected chi connectivity index (χ3v) is 4.10. The van der Waals surface area contributed by atoms with E-state index in [-0.39, 0.29) is 17.7 Å². The molecule has 7 heteroatoms. The minimum atomic E-state index is -1.04. The molecule has 0 bridgehead atoms. The van der Waals surface area contributed by atoms with Crippen LogP contribution in [0.3, 0.4) is 0 Å². The van der Waals surface area contributed by atoms with Gasteiger partial charge in [-0.3, -0.25) is 9.59 Å². The van der Waals surface area contributed by atoms with Gasteiger partial charge in [-0.25, -0.2) is 8.78 Å². The maximum absolute atomic E-state index is 13.2. The molecule has 1 heterocycles. The molecule has 136 valence electrons. The van der Waals surface area contributed by atoms with Crippen LogP contribution in [0, 0.1) is 11.6 Å². The van der Waals surface area contributed by atoms with E-state index in [4.69, 9.17) is 4.74 Å². The number of rotatable bonds is 5. The van der Waals surface area contributed by atoms with Crippen molar-refractivity contribution in [1.29, 1.82) is 0 Å². The van der Waals surface area contributed by atoms with E-state index in [1.807, 2.05) is 0 Å². The van der Waals surface area contributed by atoms with Crippen LogP contribution < -0.4 is 10.6 Å². The average molecular weight is 360 g/mol. The molecule has 5 nitrogen and oxygen atoms in total. The molecule has 1 fully saturated rings. The first-order valence-electron chi connectivity index (χ1n) is 8.29. The number of anilines is 1. The van der Waals surface area contributed by atoms with Crippen molar-refractivity contribution in [3.05, 3.63) is 65.2 Å². The summed E-state index contributed by atoms with van der Waals surface area (Å²) in [5.74, 6) is -2.75. The van der Waals surface area contributed by atoms with Crippen LogP contribution in [0.1, 0.15) is 33.6 Å². The highest BCUT2D eigenvalue weighted by Gasteiger charge is 2.17. The summed E-state index contributed by atoms with van der Waals surface area (Å²) >= 11 is 0. The van der Waals surface area contributed by atoms with Gasteiger partial charge in [-0.15, -0.1) is 0 Å². The number of nitrogens with one attached hydrogen (secondary N) is 2. The number of ether oxygens (including phenoxy) is 1. The largest absolute Gasteiger partial charge is 0.376 e. The number of amides is 2. The molecule has 2 aromatic rings. The highest BCUT2D eigenvalue weighted by Crippen LogP contribution is 2.15. The van der Waals surface area contributed by atoms with E-state index in [9.17, 15) is 18.4 Å². The molecule has 1 aliphatic heterocycles. The molecule has 2 aromatic carbocycles. The van der Waals surface area contributed by atoms with Gasteiger partial charge in [0.05, 0.1) is 6.10 Å². The Morgan fingerprint density at radius 2 is 1.69 bits per heavy atom. The second-order valence-electron chi connectivity index (χ2n) is 6.01. The lowest BCUT2D eigenvalue weighted by Crippen LogP contribution is -2.31. The molecule has 0 aliphatic carbocycles. The SMILES string of the molecule is O=C(NCC1CCCO1)c1ccc(C(=O)Nc2ccc(F)c(F)c2)cc1. The molecule has 0 aromatic heterocycles. The predicted octanol–water partition coefficient (Wildman–Crippen LogP) is 3.13. The Bertz CT molecular complexity index is 803. The van der Waals surface area contributed by atoms with Gasteiger partial charge in [-0.1, -0.05) is 0 Å². The Morgan fingerprint density at radius 1 is 1.00 bits per heavy atom. The van der Waals surface area contributed by atoms with E-state index in [2.05, 4.69) is 10.6 Å². The summed E-state index contributed by atoms with van der Waals surface area (Å²) in [6.07, 6.45) is 1.99. The second kappa shape index (κ2) is 8.05. The van der Waals surface area contributed by atoms with E-state index in [1.165, 1.54) is 30.3 Å². The standard InChI is InChI=1S/C19H18F2N2O3/c20-16-8-7-14(10-17(16)21)23-19(25)13-5-3-12(4-6-13)18(24)22-11-15-2-1-9-26-15/h3-8,10,15H,1-2,9,11H2,(H,22,24)(H,23,25). The van der Waals surface area contributed by atoms with Gasteiger partial charge in [0.15, 0.2) is 11.6 Å². The van der Waals surface area contributed by atoms with Crippen LogP contribution >= 0.6 is 0 Å². The van der Waals surface area contributed by atoms with Gasteiger partial charge in [-0.05, 0) is 49.2 Å². The molecular formula is C19H18F2N2O3. The topological polar surface area (TPSA) is 67.4 Å². The highest BCUT2D eigenvalue weighted by atomic mass is 19.2. The minimum absolute atomic E-state index is 0.0557. The molecule has 0 radical (unpaired) electrons. The van der Waals surface area contributed by atoms with Crippen LogP contribution in [0.15, 0.2) is 42.5 Å². The first kappa shape index (κ1) is 18.0. The first-order valence-corrected chi connectivity index (χ1v) is 8.29. The number of carbonyl (C=O) groups is 2. The third kappa shape index (κ3) is 4.43. The van der Waals surface area contributed by atoms with E-state index >= 15 is 0 Å². The molecule has 1 unspecified atom stereocenters. The molecule has 1 aliphatic rings. The molecule has 2 amide bonds. The summed E-state index contributed by atoms with van der Waals surface area (Å²) in [7, 11) is 0. The van der Waals surface area contributed by atoms with Crippen LogP contribution in [0.25, 0.3) is 0 Å². The normalized spacial score (nSPS) is 16.3. The van der Waals surface area contributed by atoms with E-state index in [0.29, 0.717) is 17.7 Å². The van der Waals surface area contributed by atoms with Crippen molar-refractivity contribution in [2.75, 3.05) is 18.5 Å². The lowest BCUT2D eigenvalue weighted by atomic mass is 10.1. The smallest absolute Gasteiger partial charge is 0.255 e. The molecule has 0 saturated carbocycles. The Hall–Kier alpha value is -2.80. The van der Waals surface area contributed by atoms with Gasteiger partial charge in [0.25, 0.3) is 11.8 Å².